The second kappa shape index (κ2) is 6.46. The number of nitrogens with two attached hydrogens (primary N) is 1. The summed E-state index contributed by atoms with van der Waals surface area (Å²) in [5.74, 6) is 0.940. The highest BCUT2D eigenvalue weighted by Gasteiger charge is 2.23. The molecule has 1 aliphatic rings. The van der Waals surface area contributed by atoms with Crippen molar-refractivity contribution in [2.75, 3.05) is 13.7 Å². The van der Waals surface area contributed by atoms with Crippen molar-refractivity contribution in [1.29, 1.82) is 0 Å². The Morgan fingerprint density at radius 1 is 1.10 bits per heavy atom. The largest absolute Gasteiger partial charge is 0.496 e. The van der Waals surface area contributed by atoms with E-state index in [9.17, 15) is 0 Å². The predicted molar refractivity (Wildman–Crippen MR) is 85.8 cm³/mol. The molecule has 1 saturated heterocycles. The summed E-state index contributed by atoms with van der Waals surface area (Å²) in [5.41, 5.74) is 7.04. The van der Waals surface area contributed by atoms with Gasteiger partial charge in [0.1, 0.15) is 5.75 Å². The first-order valence-corrected chi connectivity index (χ1v) is 7.72. The third-order valence-corrected chi connectivity index (χ3v) is 4.39. The number of hydrogen-bond donors (Lipinski definition) is 1. The van der Waals surface area contributed by atoms with Crippen molar-refractivity contribution in [3.05, 3.63) is 42.0 Å². The van der Waals surface area contributed by atoms with Crippen molar-refractivity contribution < 1.29 is 9.47 Å². The lowest BCUT2D eigenvalue weighted by Gasteiger charge is -2.14. The van der Waals surface area contributed by atoms with Crippen LogP contribution in [0.1, 0.15) is 24.8 Å². The molecule has 3 rings (SSSR count). The van der Waals surface area contributed by atoms with Crippen molar-refractivity contribution >= 4 is 10.8 Å². The summed E-state index contributed by atoms with van der Waals surface area (Å²) in [6.07, 6.45) is 4.96. The molecule has 0 amide bonds. The Morgan fingerprint density at radius 2 is 1.86 bits per heavy atom. The van der Waals surface area contributed by atoms with Crippen molar-refractivity contribution in [2.45, 2.75) is 37.9 Å². The zero-order chi connectivity index (χ0) is 14.7. The number of aryl methyl sites for hydroxylation is 1. The Kier molecular flexibility index (Phi) is 4.42. The molecule has 0 spiro atoms. The lowest BCUT2D eigenvalue weighted by atomic mass is 9.98. The van der Waals surface area contributed by atoms with Gasteiger partial charge in [0, 0.05) is 11.9 Å². The Hall–Kier alpha value is -1.58. The Bertz CT molecular complexity index is 611. The molecular formula is C18H23NO2. The maximum Gasteiger partial charge on any atom is 0.126 e. The normalized spacial score (nSPS) is 21.8. The highest BCUT2D eigenvalue weighted by molar-refractivity contribution is 5.91. The van der Waals surface area contributed by atoms with Crippen molar-refractivity contribution in [2.24, 2.45) is 5.73 Å². The van der Waals surface area contributed by atoms with E-state index < -0.39 is 0 Å². The first-order chi connectivity index (χ1) is 10.3. The highest BCUT2D eigenvalue weighted by atomic mass is 16.5. The molecule has 0 aromatic heterocycles. The fraction of sp³-hybridized carbons (Fsp3) is 0.444. The fourth-order valence-corrected chi connectivity index (χ4v) is 3.21. The molecule has 0 saturated carbocycles. The maximum absolute atomic E-state index is 5.94. The van der Waals surface area contributed by atoms with Gasteiger partial charge in [0.25, 0.3) is 0 Å². The van der Waals surface area contributed by atoms with E-state index in [1.807, 2.05) is 0 Å². The van der Waals surface area contributed by atoms with Crippen LogP contribution in [-0.4, -0.2) is 25.9 Å². The minimum atomic E-state index is 0.266. The van der Waals surface area contributed by atoms with Crippen LogP contribution in [0.2, 0.25) is 0 Å². The van der Waals surface area contributed by atoms with E-state index >= 15 is 0 Å². The van der Waals surface area contributed by atoms with Crippen LogP contribution in [0.25, 0.3) is 10.8 Å². The van der Waals surface area contributed by atoms with Gasteiger partial charge in [-0.1, -0.05) is 30.3 Å². The summed E-state index contributed by atoms with van der Waals surface area (Å²) in [6.45, 7) is 0.641. The maximum atomic E-state index is 5.94. The average Bonchev–Trinajstić information content (AvgIpc) is 3.00. The molecule has 2 N–H and O–H groups in total. The van der Waals surface area contributed by atoms with E-state index in [0.717, 1.165) is 31.4 Å². The molecule has 2 atom stereocenters. The van der Waals surface area contributed by atoms with Crippen LogP contribution >= 0.6 is 0 Å². The van der Waals surface area contributed by atoms with Crippen LogP contribution in [0, 0.1) is 0 Å². The van der Waals surface area contributed by atoms with Crippen molar-refractivity contribution in [3.63, 3.8) is 0 Å². The summed E-state index contributed by atoms with van der Waals surface area (Å²) in [5, 5.41) is 2.47. The highest BCUT2D eigenvalue weighted by Crippen LogP contribution is 2.30. The molecule has 1 aliphatic heterocycles. The predicted octanol–water partition coefficient (Wildman–Crippen LogP) is 3.29. The monoisotopic (exact) mass is 285 g/mol. The third kappa shape index (κ3) is 3.04. The van der Waals surface area contributed by atoms with E-state index in [4.69, 9.17) is 15.2 Å². The molecule has 3 nitrogen and oxygen atoms in total. The van der Waals surface area contributed by atoms with Gasteiger partial charge in [-0.05, 0) is 42.7 Å². The van der Waals surface area contributed by atoms with Gasteiger partial charge in [-0.15, -0.1) is 0 Å². The minimum absolute atomic E-state index is 0.266. The van der Waals surface area contributed by atoms with Crippen LogP contribution < -0.4 is 10.5 Å². The molecule has 2 aromatic carbocycles. The molecule has 0 aliphatic carbocycles. The molecule has 112 valence electrons. The molecule has 1 heterocycles. The zero-order valence-corrected chi connectivity index (χ0v) is 12.5. The lowest BCUT2D eigenvalue weighted by molar-refractivity contribution is 0.0458. The Labute approximate surface area is 126 Å². The van der Waals surface area contributed by atoms with Crippen molar-refractivity contribution in [3.8, 4) is 5.75 Å². The summed E-state index contributed by atoms with van der Waals surface area (Å²) in [6, 6.07) is 12.7. The molecule has 2 aromatic rings. The van der Waals surface area contributed by atoms with Gasteiger partial charge in [0.2, 0.25) is 0 Å². The summed E-state index contributed by atoms with van der Waals surface area (Å²) >= 11 is 0. The van der Waals surface area contributed by atoms with Crippen LogP contribution in [0.3, 0.4) is 0 Å². The van der Waals surface area contributed by atoms with E-state index in [1.165, 1.54) is 16.3 Å². The Morgan fingerprint density at radius 3 is 2.57 bits per heavy atom. The molecular weight excluding hydrogens is 262 g/mol. The van der Waals surface area contributed by atoms with E-state index in [2.05, 4.69) is 36.4 Å². The molecule has 0 radical (unpaired) electrons. The summed E-state index contributed by atoms with van der Waals surface area (Å²) in [4.78, 5) is 0. The minimum Gasteiger partial charge on any atom is -0.496 e. The van der Waals surface area contributed by atoms with Gasteiger partial charge in [0.05, 0.1) is 19.3 Å². The first kappa shape index (κ1) is 14.4. The molecule has 1 fully saturated rings. The van der Waals surface area contributed by atoms with Gasteiger partial charge in [-0.3, -0.25) is 0 Å². The zero-order valence-electron chi connectivity index (χ0n) is 12.5. The second-order valence-corrected chi connectivity index (χ2v) is 5.70. The molecule has 21 heavy (non-hydrogen) atoms. The number of fused-ring (bicyclic) bond motifs is 1. The molecule has 2 unspecified atom stereocenters. The van der Waals surface area contributed by atoms with E-state index in [1.54, 1.807) is 7.11 Å². The number of ether oxygens (including phenoxy) is 2. The summed E-state index contributed by atoms with van der Waals surface area (Å²) < 4.78 is 11.4. The number of rotatable bonds is 5. The number of methoxy groups -OCH3 is 1. The van der Waals surface area contributed by atoms with Crippen LogP contribution in [0.15, 0.2) is 36.4 Å². The lowest BCUT2D eigenvalue weighted by Crippen LogP contribution is -2.20. The topological polar surface area (TPSA) is 44.5 Å². The van der Waals surface area contributed by atoms with Gasteiger partial charge < -0.3 is 15.2 Å². The second-order valence-electron chi connectivity index (χ2n) is 5.70. The molecule has 3 heteroatoms. The first-order valence-electron chi connectivity index (χ1n) is 7.72. The number of benzene rings is 2. The van der Waals surface area contributed by atoms with Gasteiger partial charge in [0.15, 0.2) is 0 Å². The van der Waals surface area contributed by atoms with E-state index in [0.29, 0.717) is 12.6 Å². The quantitative estimate of drug-likeness (QED) is 0.917. The standard InChI is InChI=1S/C18H23NO2/c1-20-18-11-7-13(16-4-2-3-5-17(16)18)6-8-14-9-10-15(12-19)21-14/h2-5,7,11,14-15H,6,8-10,12,19H2,1H3. The smallest absolute Gasteiger partial charge is 0.126 e. The van der Waals surface area contributed by atoms with Crippen LogP contribution in [0.5, 0.6) is 5.75 Å². The fourth-order valence-electron chi connectivity index (χ4n) is 3.21. The molecule has 0 bridgehead atoms. The van der Waals surface area contributed by atoms with Crippen LogP contribution in [-0.2, 0) is 11.2 Å². The average molecular weight is 285 g/mol. The third-order valence-electron chi connectivity index (χ3n) is 4.39. The Balaban J connectivity index is 1.76. The van der Waals surface area contributed by atoms with Gasteiger partial charge in [-0.25, -0.2) is 0 Å². The summed E-state index contributed by atoms with van der Waals surface area (Å²) in [7, 11) is 1.72. The van der Waals surface area contributed by atoms with Crippen molar-refractivity contribution in [1.82, 2.24) is 0 Å². The van der Waals surface area contributed by atoms with E-state index in [-0.39, 0.29) is 6.10 Å². The number of hydrogen-bond acceptors (Lipinski definition) is 3. The van der Waals surface area contributed by atoms with Gasteiger partial charge >= 0.3 is 0 Å². The van der Waals surface area contributed by atoms with Crippen LogP contribution in [0.4, 0.5) is 0 Å². The van der Waals surface area contributed by atoms with Gasteiger partial charge in [-0.2, -0.15) is 0 Å². The SMILES string of the molecule is COc1ccc(CCC2CCC(CN)O2)c2ccccc12.